The van der Waals surface area contributed by atoms with Crippen molar-refractivity contribution >= 4 is 5.97 Å². The number of carbonyl (C=O) groups is 1. The quantitative estimate of drug-likeness (QED) is 0.556. The maximum absolute atomic E-state index is 12.0. The van der Waals surface area contributed by atoms with Gasteiger partial charge in [-0.05, 0) is 18.3 Å². The summed E-state index contributed by atoms with van der Waals surface area (Å²) in [6, 6.07) is 0. The zero-order chi connectivity index (χ0) is 12.6. The van der Waals surface area contributed by atoms with Gasteiger partial charge in [0.2, 0.25) is 0 Å². The molecule has 0 aromatic heterocycles. The number of carbonyl (C=O) groups excluding carboxylic acids is 1. The van der Waals surface area contributed by atoms with Gasteiger partial charge in [0.05, 0.1) is 12.5 Å². The molecule has 2 nitrogen and oxygen atoms in total. The van der Waals surface area contributed by atoms with E-state index in [9.17, 15) is 18.0 Å². The van der Waals surface area contributed by atoms with Gasteiger partial charge in [-0.1, -0.05) is 19.9 Å². The summed E-state index contributed by atoms with van der Waals surface area (Å²) in [6.45, 7) is 5.45. The van der Waals surface area contributed by atoms with Crippen molar-refractivity contribution in [3.63, 3.8) is 0 Å². The van der Waals surface area contributed by atoms with Gasteiger partial charge in [0, 0.05) is 6.08 Å². The fourth-order valence-electron chi connectivity index (χ4n) is 1.93. The van der Waals surface area contributed by atoms with E-state index in [2.05, 4.69) is 0 Å². The summed E-state index contributed by atoms with van der Waals surface area (Å²) < 4.78 is 40.7. The van der Waals surface area contributed by atoms with Gasteiger partial charge in [-0.25, -0.2) is 0 Å². The molecular formula is C11H15F3O2. The van der Waals surface area contributed by atoms with Gasteiger partial charge in [0.25, 0.3) is 0 Å². The van der Waals surface area contributed by atoms with Crippen molar-refractivity contribution in [3.05, 3.63) is 12.2 Å². The van der Waals surface area contributed by atoms with Gasteiger partial charge < -0.3 is 4.74 Å². The number of halogens is 3. The molecule has 0 heterocycles. The smallest absolute Gasteiger partial charge is 0.409 e. The number of ether oxygens (including phenoxy) is 1. The topological polar surface area (TPSA) is 26.3 Å². The molecule has 5 heteroatoms. The van der Waals surface area contributed by atoms with Crippen LogP contribution >= 0.6 is 0 Å². The second kappa shape index (κ2) is 4.11. The molecule has 1 saturated carbocycles. The predicted molar refractivity (Wildman–Crippen MR) is 52.6 cm³/mol. The molecule has 1 rings (SSSR count). The Kier molecular flexibility index (Phi) is 3.35. The van der Waals surface area contributed by atoms with Crippen LogP contribution in [-0.4, -0.2) is 18.8 Å². The molecular weight excluding hydrogens is 221 g/mol. The van der Waals surface area contributed by atoms with Crippen LogP contribution in [0.15, 0.2) is 12.2 Å². The maximum atomic E-state index is 12.0. The Balaban J connectivity index is 2.64. The minimum absolute atomic E-state index is 0.193. The Morgan fingerprint density at radius 3 is 2.44 bits per heavy atom. The van der Waals surface area contributed by atoms with Crippen molar-refractivity contribution in [2.24, 2.45) is 17.3 Å². The molecule has 0 radical (unpaired) electrons. The van der Waals surface area contributed by atoms with Gasteiger partial charge in [0.1, 0.15) is 0 Å². The van der Waals surface area contributed by atoms with Crippen molar-refractivity contribution in [2.75, 3.05) is 6.61 Å². The van der Waals surface area contributed by atoms with Crippen LogP contribution in [0, 0.1) is 17.3 Å². The molecule has 2 unspecified atom stereocenters. The number of allylic oxidation sites excluding steroid dienone is 2. The van der Waals surface area contributed by atoms with Crippen LogP contribution in [0.3, 0.4) is 0 Å². The molecule has 0 aromatic carbocycles. The lowest BCUT2D eigenvalue weighted by molar-refractivity contribution is -0.145. The zero-order valence-electron chi connectivity index (χ0n) is 9.47. The highest BCUT2D eigenvalue weighted by Crippen LogP contribution is 2.59. The van der Waals surface area contributed by atoms with E-state index in [1.165, 1.54) is 0 Å². The van der Waals surface area contributed by atoms with Gasteiger partial charge >= 0.3 is 12.1 Å². The fourth-order valence-corrected chi connectivity index (χ4v) is 1.93. The summed E-state index contributed by atoms with van der Waals surface area (Å²) in [4.78, 5) is 11.4. The maximum Gasteiger partial charge on any atom is 0.409 e. The Morgan fingerprint density at radius 1 is 1.44 bits per heavy atom. The molecule has 0 N–H and O–H groups in total. The summed E-state index contributed by atoms with van der Waals surface area (Å²) in [5.74, 6) is -1.25. The van der Waals surface area contributed by atoms with Crippen LogP contribution in [0.4, 0.5) is 13.2 Å². The van der Waals surface area contributed by atoms with Crippen LogP contribution < -0.4 is 0 Å². The lowest BCUT2D eigenvalue weighted by Crippen LogP contribution is -2.10. The third-order valence-electron chi connectivity index (χ3n) is 2.94. The molecule has 1 fully saturated rings. The first-order valence-corrected chi connectivity index (χ1v) is 5.13. The molecule has 1 aliphatic rings. The van der Waals surface area contributed by atoms with Crippen LogP contribution in [0.5, 0.6) is 0 Å². The first-order chi connectivity index (χ1) is 7.20. The van der Waals surface area contributed by atoms with Crippen molar-refractivity contribution in [1.82, 2.24) is 0 Å². The van der Waals surface area contributed by atoms with Gasteiger partial charge in [-0.3, -0.25) is 4.79 Å². The zero-order valence-corrected chi connectivity index (χ0v) is 9.47. The number of alkyl halides is 3. The van der Waals surface area contributed by atoms with E-state index in [1.54, 1.807) is 20.8 Å². The first kappa shape index (κ1) is 13.1. The van der Waals surface area contributed by atoms with Crippen molar-refractivity contribution in [2.45, 2.75) is 26.9 Å². The second-order valence-corrected chi connectivity index (χ2v) is 4.48. The third kappa shape index (κ3) is 2.77. The molecule has 92 valence electrons. The van der Waals surface area contributed by atoms with E-state index in [4.69, 9.17) is 4.74 Å². The monoisotopic (exact) mass is 236 g/mol. The number of hydrogen-bond donors (Lipinski definition) is 0. The average molecular weight is 236 g/mol. The second-order valence-electron chi connectivity index (χ2n) is 4.48. The number of rotatable bonds is 3. The largest absolute Gasteiger partial charge is 0.466 e. The highest BCUT2D eigenvalue weighted by atomic mass is 19.4. The average Bonchev–Trinajstić information content (AvgIpc) is 2.64. The Labute approximate surface area is 92.5 Å². The molecule has 0 spiro atoms. The van der Waals surface area contributed by atoms with E-state index in [0.29, 0.717) is 0 Å². The highest BCUT2D eigenvalue weighted by Gasteiger charge is 2.61. The molecule has 2 atom stereocenters. The van der Waals surface area contributed by atoms with Crippen LogP contribution in [0.25, 0.3) is 0 Å². The van der Waals surface area contributed by atoms with E-state index < -0.39 is 23.5 Å². The van der Waals surface area contributed by atoms with E-state index >= 15 is 0 Å². The minimum atomic E-state index is -4.32. The molecule has 16 heavy (non-hydrogen) atoms. The Hall–Kier alpha value is -1.00. The van der Waals surface area contributed by atoms with Crippen LogP contribution in [0.2, 0.25) is 0 Å². The number of hydrogen-bond acceptors (Lipinski definition) is 2. The van der Waals surface area contributed by atoms with Crippen LogP contribution in [0.1, 0.15) is 20.8 Å². The third-order valence-corrected chi connectivity index (χ3v) is 2.94. The van der Waals surface area contributed by atoms with E-state index in [0.717, 1.165) is 6.08 Å². The van der Waals surface area contributed by atoms with Crippen molar-refractivity contribution < 1.29 is 22.7 Å². The van der Waals surface area contributed by atoms with E-state index in [1.807, 2.05) is 0 Å². The molecule has 0 aromatic rings. The standard InChI is InChI=1S/C11H15F3O2/c1-4-16-9(15)8-7(10(8,2)3)5-6-11(12,13)14/h5-8H,4H2,1-3H3/b6-5+. The Morgan fingerprint density at radius 2 is 2.00 bits per heavy atom. The highest BCUT2D eigenvalue weighted by molar-refractivity contribution is 5.78. The lowest BCUT2D eigenvalue weighted by atomic mass is 10.1. The summed E-state index contributed by atoms with van der Waals surface area (Å²) in [5, 5.41) is 0. The molecule has 1 aliphatic carbocycles. The van der Waals surface area contributed by atoms with Gasteiger partial charge in [-0.15, -0.1) is 0 Å². The summed E-state index contributed by atoms with van der Waals surface area (Å²) in [6.07, 6.45) is -3.07. The van der Waals surface area contributed by atoms with Crippen LogP contribution in [-0.2, 0) is 9.53 Å². The van der Waals surface area contributed by atoms with Gasteiger partial charge in [-0.2, -0.15) is 13.2 Å². The normalized spacial score (nSPS) is 28.1. The van der Waals surface area contributed by atoms with Gasteiger partial charge in [0.15, 0.2) is 0 Å². The fraction of sp³-hybridized carbons (Fsp3) is 0.727. The molecule has 0 amide bonds. The lowest BCUT2D eigenvalue weighted by Gasteiger charge is -2.01. The predicted octanol–water partition coefficient (Wildman–Crippen LogP) is 2.94. The summed E-state index contributed by atoms with van der Waals surface area (Å²) >= 11 is 0. The first-order valence-electron chi connectivity index (χ1n) is 5.13. The minimum Gasteiger partial charge on any atom is -0.466 e. The summed E-state index contributed by atoms with van der Waals surface area (Å²) in [5.41, 5.74) is -0.437. The SMILES string of the molecule is CCOC(=O)C1C(/C=C/C(F)(F)F)C1(C)C. The molecule has 0 aliphatic heterocycles. The number of esters is 1. The molecule has 0 saturated heterocycles. The summed E-state index contributed by atoms with van der Waals surface area (Å²) in [7, 11) is 0. The van der Waals surface area contributed by atoms with Crippen molar-refractivity contribution in [1.29, 1.82) is 0 Å². The Bertz CT molecular complexity index is 305. The molecule has 0 bridgehead atoms. The van der Waals surface area contributed by atoms with E-state index in [-0.39, 0.29) is 18.6 Å². The van der Waals surface area contributed by atoms with Crippen molar-refractivity contribution in [3.8, 4) is 0 Å².